The molecule has 0 unspecified atom stereocenters. The molecule has 1 saturated heterocycles. The van der Waals surface area contributed by atoms with Gasteiger partial charge in [0.2, 0.25) is 16.1 Å². The van der Waals surface area contributed by atoms with Crippen molar-refractivity contribution in [3.05, 3.63) is 28.8 Å². The molecule has 9 heteroatoms. The van der Waals surface area contributed by atoms with E-state index in [1.165, 1.54) is 26.2 Å². The lowest BCUT2D eigenvalue weighted by Gasteiger charge is -2.14. The summed E-state index contributed by atoms with van der Waals surface area (Å²) in [5.74, 6) is -1.42. The molecule has 0 N–H and O–H groups in total. The fourth-order valence-electron chi connectivity index (χ4n) is 2.04. The highest BCUT2D eigenvalue weighted by Gasteiger charge is 2.35. The van der Waals surface area contributed by atoms with Crippen LogP contribution in [-0.2, 0) is 24.3 Å². The third-order valence-electron chi connectivity index (χ3n) is 3.30. The maximum Gasteiger partial charge on any atom is 0.347 e. The highest BCUT2D eigenvalue weighted by atomic mass is 35.5. The molecule has 2 rings (SSSR count). The second kappa shape index (κ2) is 6.46. The molecule has 1 aromatic carbocycles. The first-order chi connectivity index (χ1) is 10.6. The number of ether oxygens (including phenoxy) is 2. The third-order valence-corrected chi connectivity index (χ3v) is 5.60. The summed E-state index contributed by atoms with van der Waals surface area (Å²) in [4.78, 5) is 23.4. The van der Waals surface area contributed by atoms with Gasteiger partial charge in [-0.15, -0.1) is 0 Å². The molecular formula is C14H16ClNO6S. The van der Waals surface area contributed by atoms with Crippen molar-refractivity contribution in [3.63, 3.8) is 0 Å². The van der Waals surface area contributed by atoms with E-state index in [0.717, 1.165) is 10.4 Å². The monoisotopic (exact) mass is 361 g/mol. The summed E-state index contributed by atoms with van der Waals surface area (Å²) in [6.07, 6.45) is -1.04. The average Bonchev–Trinajstić information content (AvgIpc) is 2.76. The number of nitrogens with zero attached hydrogens (tertiary/aromatic N) is 1. The van der Waals surface area contributed by atoms with Gasteiger partial charge in [0.25, 0.3) is 0 Å². The smallest absolute Gasteiger partial charge is 0.347 e. The Morgan fingerprint density at radius 2 is 2.04 bits per heavy atom. The van der Waals surface area contributed by atoms with Gasteiger partial charge in [0.1, 0.15) is 11.0 Å². The number of rotatable bonds is 4. The first kappa shape index (κ1) is 17.7. The number of halogens is 1. The van der Waals surface area contributed by atoms with E-state index in [9.17, 15) is 18.0 Å². The fraction of sp³-hybridized carbons (Fsp3) is 0.429. The molecule has 1 aliphatic heterocycles. The molecule has 0 bridgehead atoms. The van der Waals surface area contributed by atoms with Crippen LogP contribution in [-0.4, -0.2) is 51.0 Å². The molecule has 7 nitrogen and oxygen atoms in total. The summed E-state index contributed by atoms with van der Waals surface area (Å²) in [5, 5.41) is -0.0100. The van der Waals surface area contributed by atoms with Crippen LogP contribution in [0.25, 0.3) is 0 Å². The Kier molecular flexibility index (Phi) is 4.98. The van der Waals surface area contributed by atoms with Crippen LogP contribution < -0.4 is 0 Å². The van der Waals surface area contributed by atoms with Crippen molar-refractivity contribution < 1.29 is 27.5 Å². The minimum atomic E-state index is -3.81. The van der Waals surface area contributed by atoms with Crippen LogP contribution >= 0.6 is 11.6 Å². The van der Waals surface area contributed by atoms with Crippen molar-refractivity contribution in [2.75, 3.05) is 14.1 Å². The Morgan fingerprint density at radius 1 is 1.39 bits per heavy atom. The first-order valence-electron chi connectivity index (χ1n) is 6.76. The zero-order chi connectivity index (χ0) is 17.4. The molecule has 126 valence electrons. The van der Waals surface area contributed by atoms with Crippen molar-refractivity contribution >= 4 is 33.6 Å². The number of hydrogen-bond acceptors (Lipinski definition) is 6. The van der Waals surface area contributed by atoms with Crippen LogP contribution in [0.1, 0.15) is 23.7 Å². The van der Waals surface area contributed by atoms with Crippen LogP contribution in [0.2, 0.25) is 5.02 Å². The summed E-state index contributed by atoms with van der Waals surface area (Å²) < 4.78 is 35.3. The summed E-state index contributed by atoms with van der Waals surface area (Å²) in [5.41, 5.74) is -0.0119. The van der Waals surface area contributed by atoms with Crippen LogP contribution in [0, 0.1) is 0 Å². The molecule has 1 aromatic rings. The van der Waals surface area contributed by atoms with Gasteiger partial charge < -0.3 is 9.47 Å². The number of sulfonamides is 1. The van der Waals surface area contributed by atoms with E-state index in [1.54, 1.807) is 6.92 Å². The molecule has 0 aliphatic carbocycles. The Labute approximate surface area is 139 Å². The minimum Gasteiger partial charge on any atom is -0.460 e. The Balaban J connectivity index is 2.27. The third kappa shape index (κ3) is 3.65. The SMILES string of the molecule is C[C@@H]1C[C@@H](OC(=O)c2ccc(Cl)c(S(=O)(=O)N(C)C)c2)C(=O)O1. The van der Waals surface area contributed by atoms with Gasteiger partial charge in [-0.2, -0.15) is 0 Å². The lowest BCUT2D eigenvalue weighted by molar-refractivity contribution is -0.147. The van der Waals surface area contributed by atoms with Crippen LogP contribution in [0.4, 0.5) is 0 Å². The quantitative estimate of drug-likeness (QED) is 0.754. The van der Waals surface area contributed by atoms with Gasteiger partial charge >= 0.3 is 11.9 Å². The molecule has 1 heterocycles. The predicted octanol–water partition coefficient (Wildman–Crippen LogP) is 1.45. The van der Waals surface area contributed by atoms with E-state index in [4.69, 9.17) is 21.1 Å². The van der Waals surface area contributed by atoms with Gasteiger partial charge in [-0.1, -0.05) is 11.6 Å². The number of esters is 2. The van der Waals surface area contributed by atoms with Gasteiger partial charge in [0.15, 0.2) is 0 Å². The molecule has 0 amide bonds. The normalized spacial score (nSPS) is 21.3. The molecule has 0 spiro atoms. The second-order valence-corrected chi connectivity index (χ2v) is 7.84. The van der Waals surface area contributed by atoms with Crippen molar-refractivity contribution in [1.29, 1.82) is 0 Å². The number of carbonyl (C=O) groups excluding carboxylic acids is 2. The molecule has 1 aliphatic rings. The van der Waals surface area contributed by atoms with E-state index in [-0.39, 0.29) is 28.0 Å². The first-order valence-corrected chi connectivity index (χ1v) is 8.58. The highest BCUT2D eigenvalue weighted by molar-refractivity contribution is 7.89. The Morgan fingerprint density at radius 3 is 2.57 bits per heavy atom. The number of benzene rings is 1. The van der Waals surface area contributed by atoms with E-state index in [1.807, 2.05) is 0 Å². The molecule has 0 radical (unpaired) electrons. The summed E-state index contributed by atoms with van der Waals surface area (Å²) in [6.45, 7) is 1.69. The molecule has 1 fully saturated rings. The molecule has 0 aromatic heterocycles. The van der Waals surface area contributed by atoms with Gasteiger partial charge in [0.05, 0.1) is 10.6 Å². The van der Waals surface area contributed by atoms with Gasteiger partial charge in [0, 0.05) is 20.5 Å². The Bertz CT molecular complexity index is 746. The molecule has 2 atom stereocenters. The van der Waals surface area contributed by atoms with Crippen molar-refractivity contribution in [1.82, 2.24) is 4.31 Å². The predicted molar refractivity (Wildman–Crippen MR) is 81.7 cm³/mol. The Hall–Kier alpha value is -1.64. The number of cyclic esters (lactones) is 1. The van der Waals surface area contributed by atoms with Gasteiger partial charge in [-0.05, 0) is 25.1 Å². The molecular weight excluding hydrogens is 346 g/mol. The second-order valence-electron chi connectivity index (χ2n) is 5.31. The largest absolute Gasteiger partial charge is 0.460 e. The lowest BCUT2D eigenvalue weighted by Crippen LogP contribution is -2.24. The van der Waals surface area contributed by atoms with Crippen LogP contribution in [0.3, 0.4) is 0 Å². The van der Waals surface area contributed by atoms with Crippen LogP contribution in [0.15, 0.2) is 23.1 Å². The van der Waals surface area contributed by atoms with Crippen molar-refractivity contribution in [2.45, 2.75) is 30.4 Å². The summed E-state index contributed by atoms with van der Waals surface area (Å²) >= 11 is 5.91. The maximum absolute atomic E-state index is 12.2. The van der Waals surface area contributed by atoms with E-state index in [0.29, 0.717) is 0 Å². The van der Waals surface area contributed by atoms with Crippen molar-refractivity contribution in [3.8, 4) is 0 Å². The van der Waals surface area contributed by atoms with E-state index in [2.05, 4.69) is 0 Å². The molecule has 0 saturated carbocycles. The van der Waals surface area contributed by atoms with Crippen molar-refractivity contribution in [2.24, 2.45) is 0 Å². The van der Waals surface area contributed by atoms with Crippen LogP contribution in [0.5, 0.6) is 0 Å². The average molecular weight is 362 g/mol. The maximum atomic E-state index is 12.2. The molecule has 23 heavy (non-hydrogen) atoms. The highest BCUT2D eigenvalue weighted by Crippen LogP contribution is 2.26. The van der Waals surface area contributed by atoms with E-state index < -0.39 is 28.1 Å². The van der Waals surface area contributed by atoms with Gasteiger partial charge in [-0.3, -0.25) is 0 Å². The van der Waals surface area contributed by atoms with Gasteiger partial charge in [-0.25, -0.2) is 22.3 Å². The summed E-state index contributed by atoms with van der Waals surface area (Å²) in [6, 6.07) is 3.76. The fourth-order valence-corrected chi connectivity index (χ4v) is 3.43. The topological polar surface area (TPSA) is 90.0 Å². The minimum absolute atomic E-state index is 0.0100. The number of hydrogen-bond donors (Lipinski definition) is 0. The lowest BCUT2D eigenvalue weighted by atomic mass is 10.2. The summed E-state index contributed by atoms with van der Waals surface area (Å²) in [7, 11) is -1.10. The standard InChI is InChI=1S/C14H16ClNO6S/c1-8-6-11(14(18)21-8)22-13(17)9-4-5-10(15)12(7-9)23(19,20)16(2)3/h4-5,7-8,11H,6H2,1-3H3/t8-,11-/m1/s1. The number of carbonyl (C=O) groups is 2. The zero-order valence-electron chi connectivity index (χ0n) is 12.8. The van der Waals surface area contributed by atoms with E-state index >= 15 is 0 Å². The zero-order valence-corrected chi connectivity index (χ0v) is 14.3.